The molecular formula is C50H35FN5PPdSi. The second-order valence-electron chi connectivity index (χ2n) is 14.8. The number of benzene rings is 7. The molecule has 59 heavy (non-hydrogen) atoms. The number of fused-ring (bicyclic) bond motifs is 7. The minimum Gasteiger partial charge on any atom is -0.367 e. The standard InChI is InChI=1S/C50H35FN5PSi.Pd/c1-54-41-24-11-9-22-39(41)53-50(54)35-16-14-15-33(31-35)48(51)34-26-29-45-44(32-34)56(46-25-12-13-30-52-46)43-28-27-42-47(49(43)58(45,57)37-19-6-3-7-20-37)38-21-8-10-23-40(38)55(42)36-17-4-2-5-18-36;/h2-30,48H,57H2,1H3;/q-2;+2. The van der Waals surface area contributed by atoms with Gasteiger partial charge in [-0.15, -0.1) is 49.4 Å². The Morgan fingerprint density at radius 1 is 0.661 bits per heavy atom. The van der Waals surface area contributed by atoms with Crippen molar-refractivity contribution in [3.63, 3.8) is 0 Å². The van der Waals surface area contributed by atoms with E-state index in [9.17, 15) is 0 Å². The van der Waals surface area contributed by atoms with Gasteiger partial charge in [-0.3, -0.25) is 4.98 Å². The summed E-state index contributed by atoms with van der Waals surface area (Å²) in [6.45, 7) is 0. The van der Waals surface area contributed by atoms with Crippen LogP contribution in [-0.4, -0.2) is 26.8 Å². The molecule has 0 N–H and O–H groups in total. The second-order valence-corrected chi connectivity index (χ2v) is 20.6. The minimum atomic E-state index is -2.95. The fourth-order valence-electron chi connectivity index (χ4n) is 8.93. The van der Waals surface area contributed by atoms with Crippen LogP contribution >= 0.6 is 8.79 Å². The van der Waals surface area contributed by atoms with E-state index in [1.165, 1.54) is 21.1 Å². The van der Waals surface area contributed by atoms with Crippen LogP contribution in [0.2, 0.25) is 0 Å². The first kappa shape index (κ1) is 37.3. The molecule has 7 aromatic carbocycles. The Labute approximate surface area is 358 Å². The maximum Gasteiger partial charge on any atom is 2.00 e. The van der Waals surface area contributed by atoms with Crippen molar-refractivity contribution < 1.29 is 24.8 Å². The molecule has 0 spiro atoms. The van der Waals surface area contributed by atoms with Crippen LogP contribution in [0.4, 0.5) is 21.6 Å². The number of para-hydroxylation sites is 4. The normalized spacial score (nSPS) is 15.2. The van der Waals surface area contributed by atoms with E-state index in [-0.39, 0.29) is 20.4 Å². The van der Waals surface area contributed by atoms with Crippen LogP contribution in [0, 0.1) is 12.1 Å². The molecule has 11 rings (SSSR count). The van der Waals surface area contributed by atoms with E-state index in [1.54, 1.807) is 6.07 Å². The minimum absolute atomic E-state index is 0. The third kappa shape index (κ3) is 5.78. The number of halogens is 1. The third-order valence-electron chi connectivity index (χ3n) is 11.6. The van der Waals surface area contributed by atoms with Crippen LogP contribution < -0.4 is 20.5 Å². The van der Waals surface area contributed by atoms with Crippen molar-refractivity contribution in [1.29, 1.82) is 0 Å². The number of hydrogen-bond acceptors (Lipinski definition) is 3. The molecule has 10 aromatic rings. The fourth-order valence-corrected chi connectivity index (χ4v) is 14.8. The molecule has 3 aromatic heterocycles. The van der Waals surface area contributed by atoms with Gasteiger partial charge in [-0.25, -0.2) is 9.37 Å². The smallest absolute Gasteiger partial charge is 0.367 e. The average Bonchev–Trinajstić information content (AvgIpc) is 3.81. The van der Waals surface area contributed by atoms with Crippen molar-refractivity contribution >= 4 is 82.1 Å². The van der Waals surface area contributed by atoms with E-state index in [0.29, 0.717) is 11.1 Å². The molecular weight excluding hydrogens is 855 g/mol. The van der Waals surface area contributed by atoms with E-state index < -0.39 is 13.9 Å². The molecule has 0 aliphatic carbocycles. The molecule has 0 fully saturated rings. The summed E-state index contributed by atoms with van der Waals surface area (Å²) in [6.07, 6.45) is 0.324. The average molecular weight is 890 g/mol. The largest absolute Gasteiger partial charge is 2.00 e. The molecule has 286 valence electrons. The Morgan fingerprint density at radius 3 is 2.15 bits per heavy atom. The monoisotopic (exact) mass is 889 g/mol. The zero-order valence-corrected chi connectivity index (χ0v) is 35.5. The predicted octanol–water partition coefficient (Wildman–Crippen LogP) is 10.0. The molecule has 3 unspecified atom stereocenters. The summed E-state index contributed by atoms with van der Waals surface area (Å²) in [5, 5.41) is 5.98. The van der Waals surface area contributed by atoms with Gasteiger partial charge in [0.05, 0.1) is 27.9 Å². The maximum absolute atomic E-state index is 17.2. The quantitative estimate of drug-likeness (QED) is 0.0949. The number of aryl methyl sites for hydroxylation is 1. The zero-order chi connectivity index (χ0) is 39.0. The molecule has 0 saturated heterocycles. The van der Waals surface area contributed by atoms with Crippen LogP contribution in [0.5, 0.6) is 0 Å². The molecule has 0 radical (unpaired) electrons. The van der Waals surface area contributed by atoms with Crippen molar-refractivity contribution in [3.05, 3.63) is 199 Å². The van der Waals surface area contributed by atoms with E-state index >= 15 is 4.39 Å². The van der Waals surface area contributed by atoms with Gasteiger partial charge >= 0.3 is 20.4 Å². The zero-order valence-electron chi connectivity index (χ0n) is 31.8. The Kier molecular flexibility index (Phi) is 9.27. The summed E-state index contributed by atoms with van der Waals surface area (Å²) in [5.41, 5.74) is 8.68. The second kappa shape index (κ2) is 14.7. The van der Waals surface area contributed by atoms with Gasteiger partial charge in [-0.05, 0) is 59.8 Å². The molecule has 0 amide bonds. The number of pyridine rings is 1. The molecule has 0 bridgehead atoms. The van der Waals surface area contributed by atoms with Crippen molar-refractivity contribution in [2.24, 2.45) is 7.05 Å². The number of rotatable bonds is 6. The number of anilines is 3. The summed E-state index contributed by atoms with van der Waals surface area (Å²) in [4.78, 5) is 12.0. The van der Waals surface area contributed by atoms with Crippen molar-refractivity contribution in [2.45, 2.75) is 6.17 Å². The maximum atomic E-state index is 17.2. The number of aromatic nitrogens is 4. The van der Waals surface area contributed by atoms with Crippen molar-refractivity contribution in [1.82, 2.24) is 19.1 Å². The first-order valence-corrected chi connectivity index (χ1v) is 23.1. The molecule has 0 saturated carbocycles. The van der Waals surface area contributed by atoms with Gasteiger partial charge < -0.3 is 14.0 Å². The number of nitrogens with zero attached hydrogens (tertiary/aromatic N) is 5. The van der Waals surface area contributed by atoms with Crippen LogP contribution in [0.15, 0.2) is 176 Å². The summed E-state index contributed by atoms with van der Waals surface area (Å²) in [7, 11) is 2.43. The van der Waals surface area contributed by atoms with Crippen molar-refractivity contribution in [3.8, 4) is 17.1 Å². The number of hydrogen-bond donors (Lipinski definition) is 0. The predicted molar refractivity (Wildman–Crippen MR) is 241 cm³/mol. The van der Waals surface area contributed by atoms with Gasteiger partial charge in [0.25, 0.3) is 0 Å². The van der Waals surface area contributed by atoms with E-state index in [4.69, 9.17) is 9.97 Å². The molecule has 1 aliphatic rings. The Morgan fingerprint density at radius 2 is 1.37 bits per heavy atom. The van der Waals surface area contributed by atoms with Crippen molar-refractivity contribution in [2.75, 3.05) is 4.90 Å². The third-order valence-corrected chi connectivity index (χ3v) is 18.2. The van der Waals surface area contributed by atoms with E-state index in [2.05, 4.69) is 134 Å². The van der Waals surface area contributed by atoms with E-state index in [0.717, 1.165) is 61.5 Å². The molecule has 5 nitrogen and oxygen atoms in total. The number of alkyl halides is 1. The Balaban J connectivity index is 0.00000420. The summed E-state index contributed by atoms with van der Waals surface area (Å²) in [6, 6.07) is 65.2. The van der Waals surface area contributed by atoms with Gasteiger partial charge in [-0.2, -0.15) is 18.2 Å². The topological polar surface area (TPSA) is 38.9 Å². The molecule has 4 heterocycles. The van der Waals surface area contributed by atoms with Gasteiger partial charge in [0, 0.05) is 35.4 Å². The van der Waals surface area contributed by atoms with Crippen LogP contribution in [0.25, 0.3) is 49.9 Å². The van der Waals surface area contributed by atoms with Crippen LogP contribution in [-0.2, 0) is 27.5 Å². The summed E-state index contributed by atoms with van der Waals surface area (Å²) in [5.74, 6) is 1.48. The summed E-state index contributed by atoms with van der Waals surface area (Å²) < 4.78 is 21.6. The molecule has 3 atom stereocenters. The number of imidazole rings is 1. The van der Waals surface area contributed by atoms with Gasteiger partial charge in [-0.1, -0.05) is 101 Å². The molecule has 9 heteroatoms. The Bertz CT molecular complexity index is 3190. The van der Waals surface area contributed by atoms with Gasteiger partial charge in [0.15, 0.2) is 0 Å². The Hall–Kier alpha value is -6.00. The van der Waals surface area contributed by atoms with Gasteiger partial charge in [0.1, 0.15) is 19.7 Å². The van der Waals surface area contributed by atoms with Crippen LogP contribution in [0.3, 0.4) is 0 Å². The SMILES string of the molecule is Cn1c(-c2[c-]c(C(F)c3[c-]c4c(cc3)[Si](P)(c3ccccc3)c3c(ccc5c3c3ccccc3n5-c3ccccc3)N4c3ccccn3)ccc2)nc2ccccc21.[Pd+2]. The first-order valence-electron chi connectivity index (χ1n) is 19.3. The van der Waals surface area contributed by atoms with E-state index in [1.807, 2.05) is 78.5 Å². The van der Waals surface area contributed by atoms with Crippen LogP contribution in [0.1, 0.15) is 17.3 Å². The first-order chi connectivity index (χ1) is 28.5. The fraction of sp³-hybridized carbons (Fsp3) is 0.0400. The summed E-state index contributed by atoms with van der Waals surface area (Å²) >= 11 is 0. The van der Waals surface area contributed by atoms with Gasteiger partial charge in [0.2, 0.25) is 0 Å². The molecule has 1 aliphatic heterocycles.